The number of hydrogen-bond donors (Lipinski definition) is 2. The van der Waals surface area contributed by atoms with Gasteiger partial charge in [0.15, 0.2) is 0 Å². The summed E-state index contributed by atoms with van der Waals surface area (Å²) in [4.78, 5) is 31.1. The average Bonchev–Trinajstić information content (AvgIpc) is 2.95. The first-order chi connectivity index (χ1) is 13.0. The van der Waals surface area contributed by atoms with E-state index in [0.29, 0.717) is 11.3 Å². The fraction of sp³-hybridized carbons (Fsp3) is 0.0500. The SMILES string of the molecule is CC1=Nc2ccccc2C1=Cc1c(O)n(-c2ccccc2F)c(=O)[nH]c1=O. The molecule has 27 heavy (non-hydrogen) atoms. The van der Waals surface area contributed by atoms with Crippen LogP contribution in [0.4, 0.5) is 10.1 Å². The molecule has 1 aliphatic rings. The summed E-state index contributed by atoms with van der Waals surface area (Å²) in [7, 11) is 0. The second-order valence-electron chi connectivity index (χ2n) is 6.06. The van der Waals surface area contributed by atoms with Crippen molar-refractivity contribution in [3.8, 4) is 11.6 Å². The number of H-pyrrole nitrogens is 1. The summed E-state index contributed by atoms with van der Waals surface area (Å²) in [5.74, 6) is -1.34. The van der Waals surface area contributed by atoms with E-state index >= 15 is 0 Å². The third-order valence-electron chi connectivity index (χ3n) is 4.38. The van der Waals surface area contributed by atoms with Crippen molar-refractivity contribution in [1.82, 2.24) is 9.55 Å². The number of aromatic nitrogens is 2. The summed E-state index contributed by atoms with van der Waals surface area (Å²) in [6, 6.07) is 12.9. The quantitative estimate of drug-likeness (QED) is 0.734. The first-order valence-corrected chi connectivity index (χ1v) is 8.17. The van der Waals surface area contributed by atoms with E-state index in [1.165, 1.54) is 24.3 Å². The maximum absolute atomic E-state index is 14.1. The van der Waals surface area contributed by atoms with Crippen molar-refractivity contribution < 1.29 is 9.50 Å². The molecule has 0 spiro atoms. The van der Waals surface area contributed by atoms with Crippen LogP contribution in [-0.2, 0) is 0 Å². The van der Waals surface area contributed by atoms with Crippen molar-refractivity contribution in [1.29, 1.82) is 0 Å². The molecule has 7 heteroatoms. The molecule has 0 fully saturated rings. The highest BCUT2D eigenvalue weighted by Gasteiger charge is 2.21. The van der Waals surface area contributed by atoms with Gasteiger partial charge < -0.3 is 5.11 Å². The predicted octanol–water partition coefficient (Wildman–Crippen LogP) is 3.02. The van der Waals surface area contributed by atoms with Crippen molar-refractivity contribution >= 4 is 23.0 Å². The van der Waals surface area contributed by atoms with Crippen LogP contribution in [0.2, 0.25) is 0 Å². The fourth-order valence-corrected chi connectivity index (χ4v) is 3.09. The summed E-state index contributed by atoms with van der Waals surface area (Å²) in [6.07, 6.45) is 1.45. The highest BCUT2D eigenvalue weighted by Crippen LogP contribution is 2.36. The van der Waals surface area contributed by atoms with Crippen LogP contribution in [0.25, 0.3) is 17.3 Å². The number of halogens is 1. The zero-order valence-electron chi connectivity index (χ0n) is 14.2. The van der Waals surface area contributed by atoms with Gasteiger partial charge in [0.1, 0.15) is 11.4 Å². The summed E-state index contributed by atoms with van der Waals surface area (Å²) in [5, 5.41) is 10.6. The van der Waals surface area contributed by atoms with Crippen LogP contribution in [0.3, 0.4) is 0 Å². The third-order valence-corrected chi connectivity index (χ3v) is 4.38. The van der Waals surface area contributed by atoms with Crippen molar-refractivity contribution in [2.45, 2.75) is 6.92 Å². The van der Waals surface area contributed by atoms with Gasteiger partial charge in [-0.1, -0.05) is 30.3 Å². The Balaban J connectivity index is 1.98. The molecule has 0 saturated heterocycles. The molecule has 134 valence electrons. The minimum absolute atomic E-state index is 0.154. The van der Waals surface area contributed by atoms with Gasteiger partial charge in [0, 0.05) is 16.8 Å². The van der Waals surface area contributed by atoms with Crippen LogP contribution in [0.5, 0.6) is 5.88 Å². The number of aromatic amines is 1. The standard InChI is InChI=1S/C20H14FN3O3/c1-11-13(12-6-2-4-8-16(12)22-11)10-14-18(25)23-20(27)24(19(14)26)17-9-5-3-7-15(17)21/h2-10,26H,1H3,(H,23,25,27). The molecule has 2 N–H and O–H groups in total. The second kappa shape index (κ2) is 6.21. The topological polar surface area (TPSA) is 87.4 Å². The molecule has 0 saturated carbocycles. The van der Waals surface area contributed by atoms with Gasteiger partial charge in [0.2, 0.25) is 5.88 Å². The molecule has 1 aromatic heterocycles. The van der Waals surface area contributed by atoms with Gasteiger partial charge in [-0.2, -0.15) is 0 Å². The van der Waals surface area contributed by atoms with Gasteiger partial charge >= 0.3 is 5.69 Å². The third kappa shape index (κ3) is 2.69. The van der Waals surface area contributed by atoms with Crippen LogP contribution in [0, 0.1) is 5.82 Å². The van der Waals surface area contributed by atoms with E-state index < -0.39 is 22.9 Å². The maximum Gasteiger partial charge on any atom is 0.335 e. The number of rotatable bonds is 2. The Labute approximate surface area is 152 Å². The molecule has 4 rings (SSSR count). The van der Waals surface area contributed by atoms with E-state index in [0.717, 1.165) is 21.9 Å². The molecule has 0 atom stereocenters. The molecular weight excluding hydrogens is 349 g/mol. The second-order valence-corrected chi connectivity index (χ2v) is 6.06. The van der Waals surface area contributed by atoms with Crippen molar-refractivity contribution in [3.63, 3.8) is 0 Å². The Bertz CT molecular complexity index is 1250. The molecule has 0 aliphatic carbocycles. The van der Waals surface area contributed by atoms with Crippen molar-refractivity contribution in [2.24, 2.45) is 4.99 Å². The predicted molar refractivity (Wildman–Crippen MR) is 101 cm³/mol. The number of hydrogen-bond acceptors (Lipinski definition) is 4. The van der Waals surface area contributed by atoms with E-state index in [1.807, 2.05) is 24.3 Å². The molecule has 3 aromatic rings. The van der Waals surface area contributed by atoms with Crippen LogP contribution in [0.1, 0.15) is 18.1 Å². The smallest absolute Gasteiger partial charge is 0.335 e. The summed E-state index contributed by atoms with van der Waals surface area (Å²) in [5.41, 5.74) is 0.852. The zero-order chi connectivity index (χ0) is 19.1. The van der Waals surface area contributed by atoms with E-state index in [4.69, 9.17) is 0 Å². The van der Waals surface area contributed by atoms with E-state index in [2.05, 4.69) is 9.98 Å². The Morgan fingerprint density at radius 2 is 1.81 bits per heavy atom. The van der Waals surface area contributed by atoms with Gasteiger partial charge in [-0.25, -0.2) is 13.8 Å². The number of allylic oxidation sites excluding steroid dienone is 1. The van der Waals surface area contributed by atoms with E-state index in [-0.39, 0.29) is 11.3 Å². The molecule has 1 aliphatic heterocycles. The Hall–Kier alpha value is -3.74. The lowest BCUT2D eigenvalue weighted by molar-refractivity contribution is 0.426. The summed E-state index contributed by atoms with van der Waals surface area (Å²) in [6.45, 7) is 1.78. The molecule has 0 amide bonds. The summed E-state index contributed by atoms with van der Waals surface area (Å²) >= 11 is 0. The first kappa shape index (κ1) is 16.7. The maximum atomic E-state index is 14.1. The Kier molecular flexibility index (Phi) is 3.84. The van der Waals surface area contributed by atoms with E-state index in [9.17, 15) is 19.1 Å². The molecule has 0 unspecified atom stereocenters. The fourth-order valence-electron chi connectivity index (χ4n) is 3.09. The van der Waals surface area contributed by atoms with Crippen LogP contribution < -0.4 is 11.2 Å². The number of nitrogens with zero attached hydrogens (tertiary/aromatic N) is 2. The van der Waals surface area contributed by atoms with Gasteiger partial charge in [-0.3, -0.25) is 14.8 Å². The number of aliphatic imine (C=N–C) groups is 1. The van der Waals surface area contributed by atoms with Crippen LogP contribution >= 0.6 is 0 Å². The van der Waals surface area contributed by atoms with Gasteiger partial charge in [-0.05, 0) is 31.2 Å². The van der Waals surface area contributed by atoms with Crippen molar-refractivity contribution in [3.05, 3.63) is 86.3 Å². The molecule has 0 radical (unpaired) electrons. The molecular formula is C20H14FN3O3. The molecule has 2 heterocycles. The Morgan fingerprint density at radius 3 is 2.59 bits per heavy atom. The van der Waals surface area contributed by atoms with Crippen LogP contribution in [0.15, 0.2) is 63.1 Å². The number of aromatic hydroxyl groups is 1. The lowest BCUT2D eigenvalue weighted by Crippen LogP contribution is -2.31. The minimum atomic E-state index is -0.929. The van der Waals surface area contributed by atoms with Crippen LogP contribution in [-0.4, -0.2) is 20.4 Å². The molecule has 0 bridgehead atoms. The van der Waals surface area contributed by atoms with Gasteiger partial charge in [-0.15, -0.1) is 0 Å². The van der Waals surface area contributed by atoms with Gasteiger partial charge in [0.25, 0.3) is 5.56 Å². The normalized spacial score (nSPS) is 14.3. The zero-order valence-corrected chi connectivity index (χ0v) is 14.2. The molecule has 6 nitrogen and oxygen atoms in total. The minimum Gasteiger partial charge on any atom is -0.494 e. The van der Waals surface area contributed by atoms with Gasteiger partial charge in [0.05, 0.1) is 11.4 Å². The first-order valence-electron chi connectivity index (χ1n) is 8.17. The highest BCUT2D eigenvalue weighted by atomic mass is 19.1. The number of benzene rings is 2. The lowest BCUT2D eigenvalue weighted by atomic mass is 10.0. The lowest BCUT2D eigenvalue weighted by Gasteiger charge is -2.11. The van der Waals surface area contributed by atoms with Crippen molar-refractivity contribution in [2.75, 3.05) is 0 Å². The summed E-state index contributed by atoms with van der Waals surface area (Å²) < 4.78 is 14.9. The highest BCUT2D eigenvalue weighted by molar-refractivity contribution is 6.31. The number of para-hydroxylation sites is 2. The number of fused-ring (bicyclic) bond motifs is 1. The number of nitrogens with one attached hydrogen (secondary N) is 1. The average molecular weight is 363 g/mol. The van der Waals surface area contributed by atoms with E-state index in [1.54, 1.807) is 6.92 Å². The monoisotopic (exact) mass is 363 g/mol. The Morgan fingerprint density at radius 1 is 1.11 bits per heavy atom. The largest absolute Gasteiger partial charge is 0.494 e. The molecule has 2 aromatic carbocycles.